The van der Waals surface area contributed by atoms with Crippen LogP contribution in [0, 0.1) is 0 Å². The Morgan fingerprint density at radius 3 is 3.07 bits per heavy atom. The van der Waals surface area contributed by atoms with E-state index in [1.54, 1.807) is 13.3 Å². The van der Waals surface area contributed by atoms with Crippen LogP contribution >= 0.6 is 0 Å². The van der Waals surface area contributed by atoms with Gasteiger partial charge in [-0.05, 0) is 12.1 Å². The number of ether oxygens (including phenoxy) is 1. The highest BCUT2D eigenvalue weighted by Gasteiger charge is 2.08. The van der Waals surface area contributed by atoms with Crippen molar-refractivity contribution in [3.8, 4) is 5.95 Å². The molecular formula is C10H8N2O2. The fourth-order valence-electron chi connectivity index (χ4n) is 1.54. The largest absolute Gasteiger partial charge is 0.467 e. The topological polar surface area (TPSA) is 39.7 Å². The number of hydrogen-bond donors (Lipinski definition) is 0. The van der Waals surface area contributed by atoms with Gasteiger partial charge in [0.1, 0.15) is 0 Å². The smallest absolute Gasteiger partial charge is 0.309 e. The standard InChI is InChI=1S/C10H8N2O2/c1-13-9-6-12-8-5-3-2-4-7(8)11-10(12)14-9/h2-6H,1H3. The van der Waals surface area contributed by atoms with Crippen molar-refractivity contribution in [1.29, 1.82) is 0 Å². The number of para-hydroxylation sites is 2. The maximum atomic E-state index is 5.33. The first kappa shape index (κ1) is 7.44. The Bertz CT molecular complexity index is 594. The number of fused-ring (bicyclic) bond motifs is 3. The Labute approximate surface area is 79.7 Å². The highest BCUT2D eigenvalue weighted by molar-refractivity contribution is 5.79. The summed E-state index contributed by atoms with van der Waals surface area (Å²) in [7, 11) is 1.57. The van der Waals surface area contributed by atoms with Crippen LogP contribution in [0.3, 0.4) is 0 Å². The number of nitrogens with zero attached hydrogens (tertiary/aromatic N) is 2. The van der Waals surface area contributed by atoms with E-state index in [2.05, 4.69) is 4.98 Å². The number of benzene rings is 1. The van der Waals surface area contributed by atoms with Crippen molar-refractivity contribution in [2.45, 2.75) is 0 Å². The third-order valence-corrected chi connectivity index (χ3v) is 2.19. The summed E-state index contributed by atoms with van der Waals surface area (Å²) in [5.74, 6) is 1.03. The summed E-state index contributed by atoms with van der Waals surface area (Å²) < 4.78 is 12.2. The van der Waals surface area contributed by atoms with Gasteiger partial charge in [-0.1, -0.05) is 12.1 Å². The van der Waals surface area contributed by atoms with Crippen LogP contribution in [0.15, 0.2) is 34.9 Å². The van der Waals surface area contributed by atoms with Crippen molar-refractivity contribution in [3.05, 3.63) is 30.5 Å². The molecule has 0 aliphatic heterocycles. The van der Waals surface area contributed by atoms with E-state index < -0.39 is 0 Å². The average Bonchev–Trinajstić information content (AvgIpc) is 2.73. The molecule has 70 valence electrons. The molecule has 0 aliphatic rings. The summed E-state index contributed by atoms with van der Waals surface area (Å²) in [6.07, 6.45) is 1.78. The molecule has 0 bridgehead atoms. The zero-order valence-corrected chi connectivity index (χ0v) is 7.60. The fourth-order valence-corrected chi connectivity index (χ4v) is 1.54. The molecule has 0 atom stereocenters. The second kappa shape index (κ2) is 2.51. The zero-order chi connectivity index (χ0) is 9.54. The van der Waals surface area contributed by atoms with Gasteiger partial charge in [0.25, 0.3) is 0 Å². The van der Waals surface area contributed by atoms with E-state index in [9.17, 15) is 0 Å². The third-order valence-electron chi connectivity index (χ3n) is 2.19. The molecule has 3 rings (SSSR count). The SMILES string of the molecule is COc1cn2c(nc3ccccc32)o1. The van der Waals surface area contributed by atoms with Crippen molar-refractivity contribution < 1.29 is 9.15 Å². The molecule has 0 fully saturated rings. The maximum absolute atomic E-state index is 5.33. The third kappa shape index (κ3) is 0.849. The summed E-state index contributed by atoms with van der Waals surface area (Å²) in [5.41, 5.74) is 1.95. The van der Waals surface area contributed by atoms with E-state index in [4.69, 9.17) is 9.15 Å². The lowest BCUT2D eigenvalue weighted by Crippen LogP contribution is -1.78. The monoisotopic (exact) mass is 188 g/mol. The predicted octanol–water partition coefficient (Wildman–Crippen LogP) is 2.09. The van der Waals surface area contributed by atoms with Gasteiger partial charge in [-0.15, -0.1) is 0 Å². The van der Waals surface area contributed by atoms with Gasteiger partial charge in [-0.25, -0.2) is 0 Å². The van der Waals surface area contributed by atoms with E-state index in [0.29, 0.717) is 11.8 Å². The molecule has 0 N–H and O–H groups in total. The Hall–Kier alpha value is -1.97. The molecule has 2 heterocycles. The lowest BCUT2D eigenvalue weighted by molar-refractivity contribution is 0.314. The van der Waals surface area contributed by atoms with Crippen molar-refractivity contribution in [1.82, 2.24) is 9.38 Å². The molecule has 4 nitrogen and oxygen atoms in total. The maximum Gasteiger partial charge on any atom is 0.309 e. The highest BCUT2D eigenvalue weighted by Crippen LogP contribution is 2.22. The van der Waals surface area contributed by atoms with Crippen LogP contribution in [0.4, 0.5) is 0 Å². The second-order valence-corrected chi connectivity index (χ2v) is 3.01. The lowest BCUT2D eigenvalue weighted by atomic mass is 10.3. The predicted molar refractivity (Wildman–Crippen MR) is 51.5 cm³/mol. The summed E-state index contributed by atoms with van der Waals surface area (Å²) in [6.45, 7) is 0. The first-order chi connectivity index (χ1) is 6.88. The molecular weight excluding hydrogens is 180 g/mol. The van der Waals surface area contributed by atoms with Crippen molar-refractivity contribution in [3.63, 3.8) is 0 Å². The number of hydrogen-bond acceptors (Lipinski definition) is 3. The normalized spacial score (nSPS) is 11.2. The second-order valence-electron chi connectivity index (χ2n) is 3.01. The summed E-state index contributed by atoms with van der Waals surface area (Å²) in [4.78, 5) is 4.30. The van der Waals surface area contributed by atoms with Crippen LogP contribution in [0.25, 0.3) is 16.9 Å². The van der Waals surface area contributed by atoms with Gasteiger partial charge in [0.2, 0.25) is 0 Å². The first-order valence-electron chi connectivity index (χ1n) is 4.29. The minimum Gasteiger partial charge on any atom is -0.467 e. The average molecular weight is 188 g/mol. The van der Waals surface area contributed by atoms with Crippen LogP contribution in [0.5, 0.6) is 5.95 Å². The molecule has 4 heteroatoms. The molecule has 1 aromatic carbocycles. The Balaban J connectivity index is 2.45. The van der Waals surface area contributed by atoms with E-state index in [-0.39, 0.29) is 0 Å². The Kier molecular flexibility index (Phi) is 1.33. The van der Waals surface area contributed by atoms with Gasteiger partial charge in [0.15, 0.2) is 0 Å². The van der Waals surface area contributed by atoms with Crippen LogP contribution in [0.2, 0.25) is 0 Å². The molecule has 0 spiro atoms. The Morgan fingerprint density at radius 2 is 2.21 bits per heavy atom. The van der Waals surface area contributed by atoms with E-state index in [1.165, 1.54) is 0 Å². The molecule has 3 aromatic rings. The molecule has 0 saturated carbocycles. The fraction of sp³-hybridized carbons (Fsp3) is 0.100. The zero-order valence-electron chi connectivity index (χ0n) is 7.60. The van der Waals surface area contributed by atoms with Crippen molar-refractivity contribution in [2.75, 3.05) is 7.11 Å². The number of rotatable bonds is 1. The van der Waals surface area contributed by atoms with Gasteiger partial charge < -0.3 is 9.15 Å². The van der Waals surface area contributed by atoms with Crippen LogP contribution in [0.1, 0.15) is 0 Å². The van der Waals surface area contributed by atoms with Crippen LogP contribution in [-0.4, -0.2) is 16.5 Å². The molecule has 2 aromatic heterocycles. The number of imidazole rings is 1. The van der Waals surface area contributed by atoms with Crippen LogP contribution < -0.4 is 4.74 Å². The van der Waals surface area contributed by atoms with Gasteiger partial charge >= 0.3 is 11.8 Å². The molecule has 0 unspecified atom stereocenters. The van der Waals surface area contributed by atoms with E-state index in [0.717, 1.165) is 11.0 Å². The summed E-state index contributed by atoms with van der Waals surface area (Å²) in [6, 6.07) is 7.86. The van der Waals surface area contributed by atoms with Crippen LogP contribution in [-0.2, 0) is 0 Å². The quantitative estimate of drug-likeness (QED) is 0.587. The number of aromatic nitrogens is 2. The highest BCUT2D eigenvalue weighted by atomic mass is 16.6. The van der Waals surface area contributed by atoms with Crippen molar-refractivity contribution >= 4 is 16.9 Å². The van der Waals surface area contributed by atoms with Gasteiger partial charge in [0.05, 0.1) is 24.3 Å². The molecule has 0 aliphatic carbocycles. The number of oxazole rings is 1. The summed E-state index contributed by atoms with van der Waals surface area (Å²) >= 11 is 0. The van der Waals surface area contributed by atoms with Gasteiger partial charge in [-0.3, -0.25) is 4.40 Å². The lowest BCUT2D eigenvalue weighted by Gasteiger charge is -1.88. The van der Waals surface area contributed by atoms with Crippen molar-refractivity contribution in [2.24, 2.45) is 0 Å². The van der Waals surface area contributed by atoms with E-state index in [1.807, 2.05) is 28.7 Å². The van der Waals surface area contributed by atoms with Gasteiger partial charge in [0, 0.05) is 0 Å². The summed E-state index contributed by atoms with van der Waals surface area (Å²) in [5, 5.41) is 0. The molecule has 14 heavy (non-hydrogen) atoms. The van der Waals surface area contributed by atoms with Gasteiger partial charge in [-0.2, -0.15) is 4.98 Å². The molecule has 0 amide bonds. The number of methoxy groups -OCH3 is 1. The van der Waals surface area contributed by atoms with E-state index >= 15 is 0 Å². The minimum atomic E-state index is 0.471. The molecule has 0 saturated heterocycles. The minimum absolute atomic E-state index is 0.471. The Morgan fingerprint density at radius 1 is 1.36 bits per heavy atom. The first-order valence-corrected chi connectivity index (χ1v) is 4.29. The molecule has 0 radical (unpaired) electrons.